The molecule has 0 saturated carbocycles. The summed E-state index contributed by atoms with van der Waals surface area (Å²) in [6.45, 7) is 4.41. The Morgan fingerprint density at radius 1 is 1.38 bits per heavy atom. The van der Waals surface area contributed by atoms with Crippen LogP contribution in [-0.4, -0.2) is 48.9 Å². The van der Waals surface area contributed by atoms with Gasteiger partial charge in [-0.1, -0.05) is 11.6 Å². The first-order chi connectivity index (χ1) is 11.4. The van der Waals surface area contributed by atoms with Crippen LogP contribution in [0.4, 0.5) is 5.69 Å². The summed E-state index contributed by atoms with van der Waals surface area (Å²) in [6, 6.07) is 3.14. The SMILES string of the molecule is CC(=O)COc1cc(N)c(Cl)cc1C(=O)NC1CN2CCC1CC2. The van der Waals surface area contributed by atoms with E-state index in [1.165, 1.54) is 19.1 Å². The molecule has 130 valence electrons. The van der Waals surface area contributed by atoms with Gasteiger partial charge in [0, 0.05) is 18.7 Å². The minimum Gasteiger partial charge on any atom is -0.485 e. The minimum atomic E-state index is -0.241. The fourth-order valence-electron chi connectivity index (χ4n) is 3.42. The number of ketones is 1. The van der Waals surface area contributed by atoms with Crippen LogP contribution >= 0.6 is 11.6 Å². The maximum absolute atomic E-state index is 12.7. The van der Waals surface area contributed by atoms with Gasteiger partial charge in [-0.05, 0) is 44.8 Å². The molecule has 1 amide bonds. The van der Waals surface area contributed by atoms with Gasteiger partial charge in [-0.2, -0.15) is 0 Å². The van der Waals surface area contributed by atoms with Crippen molar-refractivity contribution in [3.05, 3.63) is 22.7 Å². The van der Waals surface area contributed by atoms with Crippen molar-refractivity contribution < 1.29 is 14.3 Å². The highest BCUT2D eigenvalue weighted by Gasteiger charge is 2.35. The molecule has 2 bridgehead atoms. The average molecular weight is 352 g/mol. The van der Waals surface area contributed by atoms with E-state index < -0.39 is 0 Å². The molecule has 3 aliphatic rings. The zero-order valence-corrected chi connectivity index (χ0v) is 14.4. The van der Waals surface area contributed by atoms with Gasteiger partial charge in [-0.25, -0.2) is 0 Å². The first kappa shape index (κ1) is 17.0. The summed E-state index contributed by atoms with van der Waals surface area (Å²) < 4.78 is 5.45. The number of rotatable bonds is 5. The average Bonchev–Trinajstić information content (AvgIpc) is 2.56. The molecule has 0 aliphatic carbocycles. The third-order valence-corrected chi connectivity index (χ3v) is 5.07. The first-order valence-electron chi connectivity index (χ1n) is 8.18. The number of piperidine rings is 3. The van der Waals surface area contributed by atoms with Crippen molar-refractivity contribution in [3.63, 3.8) is 0 Å². The predicted molar refractivity (Wildman–Crippen MR) is 92.5 cm³/mol. The summed E-state index contributed by atoms with van der Waals surface area (Å²) in [5, 5.41) is 3.39. The number of benzene rings is 1. The van der Waals surface area contributed by atoms with Gasteiger partial charge in [0.1, 0.15) is 12.4 Å². The number of amides is 1. The first-order valence-corrected chi connectivity index (χ1v) is 8.56. The van der Waals surface area contributed by atoms with Gasteiger partial charge in [-0.15, -0.1) is 0 Å². The molecule has 1 aromatic rings. The molecule has 3 N–H and O–H groups in total. The van der Waals surface area contributed by atoms with Gasteiger partial charge in [0.05, 0.1) is 16.3 Å². The molecule has 1 aromatic carbocycles. The Morgan fingerprint density at radius 2 is 2.08 bits per heavy atom. The number of hydrogen-bond acceptors (Lipinski definition) is 5. The third-order valence-electron chi connectivity index (χ3n) is 4.75. The van der Waals surface area contributed by atoms with Crippen molar-refractivity contribution in [1.82, 2.24) is 10.2 Å². The van der Waals surface area contributed by atoms with E-state index in [1.807, 2.05) is 0 Å². The van der Waals surface area contributed by atoms with Crippen molar-refractivity contribution in [1.29, 1.82) is 0 Å². The standard InChI is InChI=1S/C17H22ClN3O3/c1-10(22)9-24-16-7-14(19)13(18)6-12(16)17(23)20-15-8-21-4-2-11(15)3-5-21/h6-7,11,15H,2-5,8-9,19H2,1H3,(H,20,23). The second-order valence-electron chi connectivity index (χ2n) is 6.58. The van der Waals surface area contributed by atoms with E-state index in [0.29, 0.717) is 22.2 Å². The lowest BCUT2D eigenvalue weighted by molar-refractivity contribution is -0.118. The number of Topliss-reactive ketones (excluding diaryl/α,β-unsaturated/α-hetero) is 1. The van der Waals surface area contributed by atoms with Crippen LogP contribution in [0.25, 0.3) is 0 Å². The van der Waals surface area contributed by atoms with Gasteiger partial charge in [0.25, 0.3) is 5.91 Å². The summed E-state index contributed by atoms with van der Waals surface area (Å²) in [5.74, 6) is 0.428. The molecule has 1 unspecified atom stereocenters. The zero-order chi connectivity index (χ0) is 17.3. The molecule has 3 heterocycles. The van der Waals surface area contributed by atoms with Gasteiger partial charge >= 0.3 is 0 Å². The largest absolute Gasteiger partial charge is 0.485 e. The smallest absolute Gasteiger partial charge is 0.255 e. The minimum absolute atomic E-state index is 0.110. The van der Waals surface area contributed by atoms with E-state index in [2.05, 4.69) is 10.2 Å². The lowest BCUT2D eigenvalue weighted by Crippen LogP contribution is -2.57. The van der Waals surface area contributed by atoms with Gasteiger partial charge in [0.2, 0.25) is 0 Å². The molecule has 3 saturated heterocycles. The number of hydrogen-bond donors (Lipinski definition) is 2. The van der Waals surface area contributed by atoms with Crippen LogP contribution in [0, 0.1) is 5.92 Å². The Morgan fingerprint density at radius 3 is 2.67 bits per heavy atom. The highest BCUT2D eigenvalue weighted by atomic mass is 35.5. The number of nitrogens with zero attached hydrogens (tertiary/aromatic N) is 1. The van der Waals surface area contributed by atoms with Gasteiger partial charge in [0.15, 0.2) is 5.78 Å². The van der Waals surface area contributed by atoms with Crippen LogP contribution < -0.4 is 15.8 Å². The van der Waals surface area contributed by atoms with E-state index in [1.54, 1.807) is 0 Å². The summed E-state index contributed by atoms with van der Waals surface area (Å²) in [7, 11) is 0. The maximum atomic E-state index is 12.7. The molecule has 1 atom stereocenters. The number of fused-ring (bicyclic) bond motifs is 3. The van der Waals surface area contributed by atoms with Crippen LogP contribution in [0.1, 0.15) is 30.1 Å². The highest BCUT2D eigenvalue weighted by molar-refractivity contribution is 6.33. The van der Waals surface area contributed by atoms with Crippen LogP contribution in [0.5, 0.6) is 5.75 Å². The number of nitrogen functional groups attached to an aromatic ring is 1. The summed E-state index contributed by atoms with van der Waals surface area (Å²) in [5.41, 5.74) is 6.42. The molecule has 0 aromatic heterocycles. The Bertz CT molecular complexity index is 657. The molecule has 24 heavy (non-hydrogen) atoms. The molecular formula is C17H22ClN3O3. The normalized spacial score (nSPS) is 25.3. The van der Waals surface area contributed by atoms with Crippen LogP contribution in [-0.2, 0) is 4.79 Å². The second-order valence-corrected chi connectivity index (χ2v) is 6.99. The molecule has 3 fully saturated rings. The van der Waals surface area contributed by atoms with Gasteiger partial charge < -0.3 is 20.7 Å². The number of nitrogens with two attached hydrogens (primary N) is 1. The summed E-state index contributed by atoms with van der Waals surface area (Å²) in [6.07, 6.45) is 2.22. The molecule has 6 nitrogen and oxygen atoms in total. The summed E-state index contributed by atoms with van der Waals surface area (Å²) in [4.78, 5) is 26.3. The number of ether oxygens (including phenoxy) is 1. The third kappa shape index (κ3) is 3.65. The fraction of sp³-hybridized carbons (Fsp3) is 0.529. The van der Waals surface area contributed by atoms with E-state index in [-0.39, 0.29) is 30.1 Å². The van der Waals surface area contributed by atoms with Crippen LogP contribution in [0.15, 0.2) is 12.1 Å². The van der Waals surface area contributed by atoms with Crippen LogP contribution in [0.2, 0.25) is 5.02 Å². The maximum Gasteiger partial charge on any atom is 0.255 e. The van der Waals surface area contributed by atoms with E-state index in [0.717, 1.165) is 32.5 Å². The van der Waals surface area contributed by atoms with Gasteiger partial charge in [-0.3, -0.25) is 9.59 Å². The van der Waals surface area contributed by atoms with Crippen molar-refractivity contribution in [2.45, 2.75) is 25.8 Å². The second kappa shape index (κ2) is 6.99. The number of halogens is 1. The molecule has 7 heteroatoms. The Balaban J connectivity index is 1.77. The number of carbonyl (C=O) groups excluding carboxylic acids is 2. The number of nitrogens with one attached hydrogen (secondary N) is 1. The number of carbonyl (C=O) groups is 2. The molecule has 0 spiro atoms. The Hall–Kier alpha value is -1.79. The van der Waals surface area contributed by atoms with Crippen molar-refractivity contribution in [3.8, 4) is 5.75 Å². The molecule has 3 aliphatic heterocycles. The molecule has 0 radical (unpaired) electrons. The van der Waals surface area contributed by atoms with Crippen molar-refractivity contribution in [2.24, 2.45) is 5.92 Å². The molecular weight excluding hydrogens is 330 g/mol. The van der Waals surface area contributed by atoms with E-state index in [9.17, 15) is 9.59 Å². The zero-order valence-electron chi connectivity index (χ0n) is 13.7. The monoisotopic (exact) mass is 351 g/mol. The molecule has 4 rings (SSSR count). The quantitative estimate of drug-likeness (QED) is 0.789. The lowest BCUT2D eigenvalue weighted by Gasteiger charge is -2.44. The predicted octanol–water partition coefficient (Wildman–Crippen LogP) is 1.71. The number of anilines is 1. The van der Waals surface area contributed by atoms with Crippen molar-refractivity contribution >= 4 is 29.0 Å². The lowest BCUT2D eigenvalue weighted by atomic mass is 9.84. The Kier molecular flexibility index (Phi) is 4.96. The summed E-state index contributed by atoms with van der Waals surface area (Å²) >= 11 is 6.06. The van der Waals surface area contributed by atoms with E-state index >= 15 is 0 Å². The Labute approximate surface area is 146 Å². The van der Waals surface area contributed by atoms with Crippen LogP contribution in [0.3, 0.4) is 0 Å². The van der Waals surface area contributed by atoms with E-state index in [4.69, 9.17) is 22.1 Å². The topological polar surface area (TPSA) is 84.7 Å². The fourth-order valence-corrected chi connectivity index (χ4v) is 3.58. The highest BCUT2D eigenvalue weighted by Crippen LogP contribution is 2.31. The van der Waals surface area contributed by atoms with Crippen molar-refractivity contribution in [2.75, 3.05) is 32.0 Å².